The van der Waals surface area contributed by atoms with Crippen molar-refractivity contribution in [1.82, 2.24) is 4.98 Å². The number of carbonyl (C=O) groups is 1. The molecule has 6 heteroatoms. The van der Waals surface area contributed by atoms with Gasteiger partial charge in [0.2, 0.25) is 5.43 Å². The topological polar surface area (TPSA) is 103 Å². The first kappa shape index (κ1) is 16.8. The molecule has 3 heterocycles. The number of rotatable bonds is 2. The fraction of sp³-hybridized carbons (Fsp3) is 0.182. The number of benzene rings is 2. The molecule has 0 fully saturated rings. The number of carbonyl (C=O) groups excluding carboxylic acids is 1. The zero-order valence-corrected chi connectivity index (χ0v) is 15.2. The maximum absolute atomic E-state index is 13.2. The lowest BCUT2D eigenvalue weighted by atomic mass is 9.90. The van der Waals surface area contributed by atoms with Crippen LogP contribution in [0.3, 0.4) is 0 Å². The van der Waals surface area contributed by atoms with Gasteiger partial charge in [0, 0.05) is 17.3 Å². The molecule has 6 nitrogen and oxygen atoms in total. The molecule has 5 rings (SSSR count). The zero-order chi connectivity index (χ0) is 19.4. The summed E-state index contributed by atoms with van der Waals surface area (Å²) >= 11 is 0. The van der Waals surface area contributed by atoms with Gasteiger partial charge in [0.1, 0.15) is 17.9 Å². The first-order valence-electron chi connectivity index (χ1n) is 9.20. The van der Waals surface area contributed by atoms with E-state index in [0.717, 1.165) is 27.7 Å². The molecule has 140 valence electrons. The molecule has 3 N–H and O–H groups in total. The van der Waals surface area contributed by atoms with Crippen LogP contribution in [0, 0.1) is 6.92 Å². The van der Waals surface area contributed by atoms with E-state index in [1.165, 1.54) is 6.26 Å². The lowest BCUT2D eigenvalue weighted by Crippen LogP contribution is -2.96. The molecule has 0 radical (unpaired) electrons. The number of aromatic nitrogens is 1. The van der Waals surface area contributed by atoms with Crippen LogP contribution in [-0.4, -0.2) is 17.0 Å². The quantitative estimate of drug-likeness (QED) is 0.544. The molecular formula is C22H18N2O4. The van der Waals surface area contributed by atoms with Crippen LogP contribution in [0.2, 0.25) is 0 Å². The van der Waals surface area contributed by atoms with E-state index in [2.05, 4.69) is 4.98 Å². The van der Waals surface area contributed by atoms with E-state index in [0.29, 0.717) is 23.0 Å². The Bertz CT molecular complexity index is 1300. The minimum absolute atomic E-state index is 0.147. The number of quaternary nitrogens is 1. The second kappa shape index (κ2) is 6.07. The monoisotopic (exact) mass is 374 g/mol. The summed E-state index contributed by atoms with van der Waals surface area (Å²) in [5, 5.41) is 14.8. The van der Waals surface area contributed by atoms with Gasteiger partial charge in [-0.25, -0.2) is 0 Å². The summed E-state index contributed by atoms with van der Waals surface area (Å²) in [5.41, 5.74) is 4.49. The van der Waals surface area contributed by atoms with E-state index in [1.54, 1.807) is 11.4 Å². The second-order valence-electron chi connectivity index (χ2n) is 7.38. The van der Waals surface area contributed by atoms with Crippen molar-refractivity contribution in [1.29, 1.82) is 0 Å². The van der Waals surface area contributed by atoms with Crippen LogP contribution in [0.1, 0.15) is 28.4 Å². The van der Waals surface area contributed by atoms with Gasteiger partial charge in [-0.05, 0) is 36.2 Å². The van der Waals surface area contributed by atoms with Gasteiger partial charge in [-0.1, -0.05) is 24.3 Å². The van der Waals surface area contributed by atoms with Gasteiger partial charge in [0.15, 0.2) is 6.04 Å². The molecule has 0 unspecified atom stereocenters. The fourth-order valence-electron chi connectivity index (χ4n) is 4.21. The number of nitrogens with two attached hydrogens (primary N) is 1. The van der Waals surface area contributed by atoms with Crippen LogP contribution in [-0.2, 0) is 11.2 Å². The first-order valence-corrected chi connectivity index (χ1v) is 9.20. The van der Waals surface area contributed by atoms with Crippen molar-refractivity contribution in [3.8, 4) is 0 Å². The van der Waals surface area contributed by atoms with E-state index in [-0.39, 0.29) is 5.43 Å². The molecule has 0 bridgehead atoms. The Morgan fingerprint density at radius 3 is 2.86 bits per heavy atom. The highest BCUT2D eigenvalue weighted by Gasteiger charge is 2.36. The van der Waals surface area contributed by atoms with Crippen LogP contribution < -0.4 is 15.9 Å². The van der Waals surface area contributed by atoms with Crippen molar-refractivity contribution >= 4 is 27.8 Å². The Kier molecular flexibility index (Phi) is 3.64. The molecule has 1 aliphatic heterocycles. The molecule has 0 saturated heterocycles. The zero-order valence-electron chi connectivity index (χ0n) is 15.2. The molecule has 28 heavy (non-hydrogen) atoms. The SMILES string of the molecule is Cc1ccc2c(=O)c([C@H]3[NH2+][C@H](C(=O)[O-])Cc4c3[nH]c3ccccc43)coc2c1. The molecule has 1 aliphatic rings. The Balaban J connectivity index is 1.75. The molecule has 0 amide bonds. The third-order valence-electron chi connectivity index (χ3n) is 5.60. The third kappa shape index (κ3) is 2.46. The van der Waals surface area contributed by atoms with Crippen molar-refractivity contribution in [3.63, 3.8) is 0 Å². The smallest absolute Gasteiger partial charge is 0.202 e. The van der Waals surface area contributed by atoms with Gasteiger partial charge < -0.3 is 24.6 Å². The van der Waals surface area contributed by atoms with Crippen LogP contribution in [0.25, 0.3) is 21.9 Å². The highest BCUT2D eigenvalue weighted by molar-refractivity contribution is 5.86. The van der Waals surface area contributed by atoms with E-state index in [9.17, 15) is 14.7 Å². The number of nitrogens with one attached hydrogen (secondary N) is 1. The molecule has 2 aromatic heterocycles. The number of aliphatic carboxylic acids is 1. The molecule has 4 aromatic rings. The predicted octanol–water partition coefficient (Wildman–Crippen LogP) is 0.910. The molecule has 0 saturated carbocycles. The minimum atomic E-state index is -1.14. The van der Waals surface area contributed by atoms with Crippen molar-refractivity contribution in [2.24, 2.45) is 0 Å². The summed E-state index contributed by atoms with van der Waals surface area (Å²) < 4.78 is 5.75. The average Bonchev–Trinajstić information content (AvgIpc) is 3.06. The lowest BCUT2D eigenvalue weighted by Gasteiger charge is -2.28. The second-order valence-corrected chi connectivity index (χ2v) is 7.38. The van der Waals surface area contributed by atoms with Gasteiger partial charge >= 0.3 is 0 Å². The summed E-state index contributed by atoms with van der Waals surface area (Å²) in [4.78, 5) is 28.2. The number of para-hydroxylation sites is 1. The molecule has 2 atom stereocenters. The van der Waals surface area contributed by atoms with Gasteiger partial charge in [0.05, 0.1) is 22.6 Å². The van der Waals surface area contributed by atoms with Crippen LogP contribution in [0.5, 0.6) is 0 Å². The molecular weight excluding hydrogens is 356 g/mol. The highest BCUT2D eigenvalue weighted by atomic mass is 16.4. The number of aryl methyl sites for hydroxylation is 1. The minimum Gasteiger partial charge on any atom is -0.544 e. The fourth-order valence-corrected chi connectivity index (χ4v) is 4.21. The number of hydrogen-bond acceptors (Lipinski definition) is 4. The number of H-pyrrole nitrogens is 1. The van der Waals surface area contributed by atoms with Gasteiger partial charge in [-0.2, -0.15) is 0 Å². The number of fused-ring (bicyclic) bond motifs is 4. The third-order valence-corrected chi connectivity index (χ3v) is 5.60. The average molecular weight is 374 g/mol. The Morgan fingerprint density at radius 2 is 2.04 bits per heavy atom. The van der Waals surface area contributed by atoms with Crippen molar-refractivity contribution in [2.75, 3.05) is 0 Å². The number of aromatic amines is 1. The van der Waals surface area contributed by atoms with Crippen LogP contribution in [0.4, 0.5) is 0 Å². The van der Waals surface area contributed by atoms with Crippen molar-refractivity contribution in [2.45, 2.75) is 25.4 Å². The first-order chi connectivity index (χ1) is 13.5. The van der Waals surface area contributed by atoms with E-state index >= 15 is 0 Å². The maximum atomic E-state index is 13.2. The standard InChI is InChI=1S/C22H18N2O4/c1-11-6-7-13-18(8-11)28-10-15(21(13)25)20-19-14(9-17(24-20)22(26)27)12-4-2-3-5-16(12)23-19/h2-8,10,17,20,23-24H,9H2,1H3,(H,26,27)/t17-,20+/m0/s1. The summed E-state index contributed by atoms with van der Waals surface area (Å²) in [7, 11) is 0. The number of carboxylic acid groups (broad SMARTS) is 1. The van der Waals surface area contributed by atoms with Crippen molar-refractivity contribution < 1.29 is 19.6 Å². The van der Waals surface area contributed by atoms with Crippen LogP contribution in [0.15, 0.2) is 57.9 Å². The normalized spacial score (nSPS) is 19.0. The summed E-state index contributed by atoms with van der Waals surface area (Å²) in [6.45, 7) is 1.93. The van der Waals surface area contributed by atoms with E-state index in [4.69, 9.17) is 4.42 Å². The Hall–Kier alpha value is -3.38. The van der Waals surface area contributed by atoms with E-state index < -0.39 is 18.1 Å². The van der Waals surface area contributed by atoms with Gasteiger partial charge in [-0.3, -0.25) is 4.79 Å². The predicted molar refractivity (Wildman–Crippen MR) is 102 cm³/mol. The lowest BCUT2D eigenvalue weighted by molar-refractivity contribution is -0.717. The Labute approximate surface area is 159 Å². The Morgan fingerprint density at radius 1 is 1.21 bits per heavy atom. The molecule has 0 spiro atoms. The summed E-state index contributed by atoms with van der Waals surface area (Å²) in [5.74, 6) is -1.14. The largest absolute Gasteiger partial charge is 0.544 e. The van der Waals surface area contributed by atoms with Crippen molar-refractivity contribution in [3.05, 3.63) is 81.3 Å². The summed E-state index contributed by atoms with van der Waals surface area (Å²) in [6.07, 6.45) is 1.80. The van der Waals surface area contributed by atoms with Gasteiger partial charge in [0.25, 0.3) is 0 Å². The highest BCUT2D eigenvalue weighted by Crippen LogP contribution is 2.31. The molecule has 2 aromatic carbocycles. The van der Waals surface area contributed by atoms with Gasteiger partial charge in [-0.15, -0.1) is 0 Å². The maximum Gasteiger partial charge on any atom is 0.202 e. The van der Waals surface area contributed by atoms with E-state index in [1.807, 2.05) is 43.3 Å². The molecule has 0 aliphatic carbocycles. The number of hydrogen-bond donors (Lipinski definition) is 2. The number of carboxylic acids is 1. The van der Waals surface area contributed by atoms with Crippen LogP contribution >= 0.6 is 0 Å². The summed E-state index contributed by atoms with van der Waals surface area (Å²) in [6, 6.07) is 11.9.